The predicted octanol–water partition coefficient (Wildman–Crippen LogP) is 6.59. The highest BCUT2D eigenvalue weighted by Gasteiger charge is 2.55. The van der Waals surface area contributed by atoms with Crippen molar-refractivity contribution in [2.24, 2.45) is 0 Å². The number of rotatable bonds is 4. The summed E-state index contributed by atoms with van der Waals surface area (Å²) in [6.07, 6.45) is 7.08. The van der Waals surface area contributed by atoms with Gasteiger partial charge in [0.15, 0.2) is 0 Å². The van der Waals surface area contributed by atoms with Gasteiger partial charge in [0.05, 0.1) is 58.0 Å². The first-order valence-electron chi connectivity index (χ1n) is 14.7. The van der Waals surface area contributed by atoms with Crippen molar-refractivity contribution in [3.05, 3.63) is 0 Å². The number of alkyl halides is 2. The van der Waals surface area contributed by atoms with Crippen LogP contribution in [0.2, 0.25) is 0 Å². The van der Waals surface area contributed by atoms with E-state index in [2.05, 4.69) is 73.4 Å². The van der Waals surface area contributed by atoms with Crippen molar-refractivity contribution < 1.29 is 29.2 Å². The molecule has 0 aromatic carbocycles. The zero-order valence-corrected chi connectivity index (χ0v) is 28.0. The SMILES string of the molecule is CC1(C)O[C@@H](CC[C@@](C)(O)[C@@H]2CC[C@H]3O[C@@]4(C)CC[C@H](Br)C(C)(C)O[C@@H]4CC[C@]3(C)O2)[C@](C)(O)CC[C@H]1Br. The molecule has 4 saturated heterocycles. The highest BCUT2D eigenvalue weighted by atomic mass is 79.9. The molecule has 4 heterocycles. The van der Waals surface area contributed by atoms with Gasteiger partial charge in [-0.05, 0) is 120 Å². The molecule has 38 heavy (non-hydrogen) atoms. The van der Waals surface area contributed by atoms with E-state index in [0.29, 0.717) is 24.1 Å². The van der Waals surface area contributed by atoms with Gasteiger partial charge >= 0.3 is 0 Å². The van der Waals surface area contributed by atoms with Crippen LogP contribution in [0.25, 0.3) is 0 Å². The minimum absolute atomic E-state index is 0.00117. The Kier molecular flexibility index (Phi) is 8.97. The van der Waals surface area contributed by atoms with E-state index in [1.807, 2.05) is 13.8 Å². The van der Waals surface area contributed by atoms with Gasteiger partial charge in [-0.1, -0.05) is 31.9 Å². The van der Waals surface area contributed by atoms with Gasteiger partial charge in [-0.25, -0.2) is 0 Å². The molecule has 0 spiro atoms. The van der Waals surface area contributed by atoms with E-state index in [-0.39, 0.29) is 40.4 Å². The van der Waals surface area contributed by atoms with Crippen molar-refractivity contribution in [3.63, 3.8) is 0 Å². The monoisotopic (exact) mass is 666 g/mol. The summed E-state index contributed by atoms with van der Waals surface area (Å²) in [5, 5.41) is 22.9. The number of fused-ring (bicyclic) bond motifs is 2. The molecule has 4 aliphatic heterocycles. The molecule has 0 aromatic heterocycles. The van der Waals surface area contributed by atoms with Crippen LogP contribution in [0.3, 0.4) is 0 Å². The van der Waals surface area contributed by atoms with Gasteiger partial charge in [0, 0.05) is 9.65 Å². The van der Waals surface area contributed by atoms with E-state index in [1.165, 1.54) is 0 Å². The Morgan fingerprint density at radius 3 is 1.89 bits per heavy atom. The third kappa shape index (κ3) is 6.38. The van der Waals surface area contributed by atoms with Crippen LogP contribution in [-0.4, -0.2) is 77.9 Å². The zero-order chi connectivity index (χ0) is 28.4. The van der Waals surface area contributed by atoms with Gasteiger partial charge in [0.2, 0.25) is 0 Å². The molecule has 2 N–H and O–H groups in total. The maximum Gasteiger partial charge on any atom is 0.0921 e. The lowest BCUT2D eigenvalue weighted by molar-refractivity contribution is -0.261. The van der Waals surface area contributed by atoms with Crippen molar-refractivity contribution >= 4 is 31.9 Å². The Balaban J connectivity index is 1.44. The fourth-order valence-electron chi connectivity index (χ4n) is 7.09. The summed E-state index contributed by atoms with van der Waals surface area (Å²) >= 11 is 7.60. The molecule has 10 atom stereocenters. The van der Waals surface area contributed by atoms with Crippen LogP contribution in [0.4, 0.5) is 0 Å². The number of hydrogen-bond donors (Lipinski definition) is 2. The third-order valence-electron chi connectivity index (χ3n) is 10.3. The first kappa shape index (κ1) is 31.7. The largest absolute Gasteiger partial charge is 0.387 e. The molecule has 0 bridgehead atoms. The topological polar surface area (TPSA) is 77.4 Å². The van der Waals surface area contributed by atoms with Gasteiger partial charge < -0.3 is 29.2 Å². The average molecular weight is 669 g/mol. The van der Waals surface area contributed by atoms with Crippen molar-refractivity contribution in [3.8, 4) is 0 Å². The molecular formula is C30H52Br2O6. The molecule has 0 saturated carbocycles. The van der Waals surface area contributed by atoms with E-state index < -0.39 is 22.4 Å². The molecule has 0 aliphatic carbocycles. The summed E-state index contributed by atoms with van der Waals surface area (Å²) in [7, 11) is 0. The van der Waals surface area contributed by atoms with E-state index >= 15 is 0 Å². The summed E-state index contributed by atoms with van der Waals surface area (Å²) in [5.74, 6) is 0. The summed E-state index contributed by atoms with van der Waals surface area (Å²) in [6, 6.07) is 0. The Morgan fingerprint density at radius 1 is 0.711 bits per heavy atom. The smallest absolute Gasteiger partial charge is 0.0921 e. The zero-order valence-electron chi connectivity index (χ0n) is 24.8. The first-order valence-corrected chi connectivity index (χ1v) is 16.6. The second-order valence-corrected chi connectivity index (χ2v) is 16.9. The molecule has 4 fully saturated rings. The standard InChI is InChI=1S/C30H52Br2O6/c1-25(2)19(31)11-15-27(5,33)22(35-25)13-16-28(6,34)21-9-10-23-30(8,37-21)18-14-24-29(7,38-23)17-12-20(32)26(3,4)36-24/h19-24,33-34H,9-18H2,1-8H3/t19-,20+,21+,22+,23-,24-,27-,28-,29+,30+/m1/s1. The van der Waals surface area contributed by atoms with Crippen LogP contribution >= 0.6 is 31.9 Å². The van der Waals surface area contributed by atoms with Gasteiger partial charge in [-0.3, -0.25) is 0 Å². The van der Waals surface area contributed by atoms with Crippen LogP contribution in [0, 0.1) is 0 Å². The van der Waals surface area contributed by atoms with Gasteiger partial charge in [-0.15, -0.1) is 0 Å². The number of halogens is 2. The van der Waals surface area contributed by atoms with Crippen LogP contribution in [-0.2, 0) is 18.9 Å². The minimum Gasteiger partial charge on any atom is -0.387 e. The molecule has 6 nitrogen and oxygen atoms in total. The molecule has 0 amide bonds. The summed E-state index contributed by atoms with van der Waals surface area (Å²) in [6.45, 7) is 16.6. The minimum atomic E-state index is -1.04. The van der Waals surface area contributed by atoms with Crippen LogP contribution in [0.15, 0.2) is 0 Å². The summed E-state index contributed by atoms with van der Waals surface area (Å²) in [4.78, 5) is 0.464. The van der Waals surface area contributed by atoms with Gasteiger partial charge in [0.25, 0.3) is 0 Å². The molecule has 4 aliphatic rings. The van der Waals surface area contributed by atoms with E-state index in [4.69, 9.17) is 18.9 Å². The van der Waals surface area contributed by atoms with Crippen molar-refractivity contribution in [1.29, 1.82) is 0 Å². The number of ether oxygens (including phenoxy) is 4. The summed E-state index contributed by atoms with van der Waals surface area (Å²) in [5.41, 5.74) is -3.49. The second kappa shape index (κ2) is 10.8. The lowest BCUT2D eigenvalue weighted by Crippen LogP contribution is -2.57. The van der Waals surface area contributed by atoms with Crippen LogP contribution in [0.1, 0.15) is 120 Å². The van der Waals surface area contributed by atoms with Crippen LogP contribution in [0.5, 0.6) is 0 Å². The van der Waals surface area contributed by atoms with E-state index in [1.54, 1.807) is 0 Å². The van der Waals surface area contributed by atoms with E-state index in [9.17, 15) is 10.2 Å². The van der Waals surface area contributed by atoms with Crippen LogP contribution < -0.4 is 0 Å². The number of aliphatic hydroxyl groups is 2. The molecule has 8 heteroatoms. The maximum atomic E-state index is 11.7. The normalized spacial score (nSPS) is 48.9. The van der Waals surface area contributed by atoms with Crippen molar-refractivity contribution in [2.75, 3.05) is 0 Å². The highest BCUT2D eigenvalue weighted by molar-refractivity contribution is 9.09. The fraction of sp³-hybridized carbons (Fsp3) is 1.00. The first-order chi connectivity index (χ1) is 17.3. The molecule has 0 aromatic rings. The summed E-state index contributed by atoms with van der Waals surface area (Å²) < 4.78 is 26.8. The van der Waals surface area contributed by atoms with Gasteiger partial charge in [0.1, 0.15) is 0 Å². The average Bonchev–Trinajstić information content (AvgIpc) is 3.01. The van der Waals surface area contributed by atoms with Crippen molar-refractivity contribution in [1.82, 2.24) is 0 Å². The quantitative estimate of drug-likeness (QED) is 0.330. The lowest BCUT2D eigenvalue weighted by atomic mass is 9.79. The third-order valence-corrected chi connectivity index (χ3v) is 13.4. The van der Waals surface area contributed by atoms with Crippen molar-refractivity contribution in [2.45, 2.75) is 187 Å². The molecule has 0 unspecified atom stereocenters. The number of hydrogen-bond acceptors (Lipinski definition) is 6. The fourth-order valence-corrected chi connectivity index (χ4v) is 7.76. The van der Waals surface area contributed by atoms with Gasteiger partial charge in [-0.2, -0.15) is 0 Å². The Morgan fingerprint density at radius 2 is 1.24 bits per heavy atom. The molecular weight excluding hydrogens is 616 g/mol. The Labute approximate surface area is 247 Å². The molecule has 4 rings (SSSR count). The lowest BCUT2D eigenvalue weighted by Gasteiger charge is -2.49. The Hall–Kier alpha value is 0.720. The molecule has 0 radical (unpaired) electrons. The van der Waals surface area contributed by atoms with E-state index in [0.717, 1.165) is 44.9 Å². The Bertz CT molecular complexity index is 847. The predicted molar refractivity (Wildman–Crippen MR) is 157 cm³/mol. The maximum absolute atomic E-state index is 11.7. The highest BCUT2D eigenvalue weighted by Crippen LogP contribution is 2.49. The second-order valence-electron chi connectivity index (χ2n) is 14.6. The molecule has 222 valence electrons.